The molecule has 0 unspecified atom stereocenters. The summed E-state index contributed by atoms with van der Waals surface area (Å²) in [6, 6.07) is 0. The summed E-state index contributed by atoms with van der Waals surface area (Å²) in [7, 11) is 0. The van der Waals surface area contributed by atoms with E-state index in [4.69, 9.17) is 4.74 Å². The van der Waals surface area contributed by atoms with Gasteiger partial charge in [0.25, 0.3) is 5.91 Å². The molecule has 1 aromatic rings. The zero-order valence-corrected chi connectivity index (χ0v) is 11.0. The molecule has 2 heterocycles. The van der Waals surface area contributed by atoms with Crippen molar-refractivity contribution in [3.63, 3.8) is 0 Å². The van der Waals surface area contributed by atoms with E-state index in [1.807, 2.05) is 13.1 Å². The van der Waals surface area contributed by atoms with Gasteiger partial charge >= 0.3 is 0 Å². The normalized spacial score (nSPS) is 23.9. The van der Waals surface area contributed by atoms with Gasteiger partial charge in [-0.1, -0.05) is 13.3 Å². The predicted molar refractivity (Wildman–Crippen MR) is 68.3 cm³/mol. The monoisotopic (exact) mass is 254 g/mol. The molecular weight excluding hydrogens is 236 g/mol. The van der Waals surface area contributed by atoms with Gasteiger partial charge in [0.15, 0.2) is 5.13 Å². The van der Waals surface area contributed by atoms with Crippen LogP contribution in [0.3, 0.4) is 0 Å². The van der Waals surface area contributed by atoms with Gasteiger partial charge in [-0.15, -0.1) is 11.3 Å². The fraction of sp³-hybridized carbons (Fsp3) is 0.667. The summed E-state index contributed by atoms with van der Waals surface area (Å²) >= 11 is 1.55. The van der Waals surface area contributed by atoms with Crippen molar-refractivity contribution in [2.75, 3.05) is 5.32 Å². The molecule has 1 amide bonds. The van der Waals surface area contributed by atoms with Crippen molar-refractivity contribution in [2.45, 2.75) is 51.7 Å². The minimum Gasteiger partial charge on any atom is -0.365 e. The number of carbonyl (C=O) groups is 1. The van der Waals surface area contributed by atoms with Crippen LogP contribution in [0, 0.1) is 0 Å². The Kier molecular flexibility index (Phi) is 4.12. The zero-order valence-electron chi connectivity index (χ0n) is 10.2. The third-order valence-electron chi connectivity index (χ3n) is 2.80. The largest absolute Gasteiger partial charge is 0.365 e. The molecule has 0 radical (unpaired) electrons. The molecule has 94 valence electrons. The zero-order chi connectivity index (χ0) is 12.3. The molecule has 0 spiro atoms. The Bertz CT molecular complexity index is 392. The van der Waals surface area contributed by atoms with E-state index in [0.29, 0.717) is 5.13 Å². The van der Waals surface area contributed by atoms with Crippen molar-refractivity contribution in [3.8, 4) is 0 Å². The van der Waals surface area contributed by atoms with E-state index in [0.717, 1.165) is 25.7 Å². The number of nitrogens with one attached hydrogen (secondary N) is 1. The molecule has 0 aliphatic carbocycles. The number of rotatable bonds is 4. The summed E-state index contributed by atoms with van der Waals surface area (Å²) in [6.07, 6.45) is 5.60. The highest BCUT2D eigenvalue weighted by molar-refractivity contribution is 7.15. The Morgan fingerprint density at radius 2 is 2.47 bits per heavy atom. The van der Waals surface area contributed by atoms with E-state index in [9.17, 15) is 4.79 Å². The summed E-state index contributed by atoms with van der Waals surface area (Å²) in [5.74, 6) is -0.0632. The van der Waals surface area contributed by atoms with Gasteiger partial charge in [0.2, 0.25) is 0 Å². The van der Waals surface area contributed by atoms with Crippen LogP contribution in [-0.4, -0.2) is 23.1 Å². The molecule has 1 fully saturated rings. The second-order valence-corrected chi connectivity index (χ2v) is 5.50. The molecule has 1 aliphatic heterocycles. The molecule has 0 aromatic carbocycles. The fourth-order valence-corrected chi connectivity index (χ4v) is 2.83. The molecule has 4 nitrogen and oxygen atoms in total. The highest BCUT2D eigenvalue weighted by atomic mass is 32.1. The van der Waals surface area contributed by atoms with Crippen LogP contribution in [0.15, 0.2) is 6.20 Å². The first-order chi connectivity index (χ1) is 8.19. The lowest BCUT2D eigenvalue weighted by molar-refractivity contribution is -0.126. The van der Waals surface area contributed by atoms with Gasteiger partial charge in [0, 0.05) is 11.1 Å². The Hall–Kier alpha value is -0.940. The maximum Gasteiger partial charge on any atom is 0.255 e. The second kappa shape index (κ2) is 5.60. The molecular formula is C12H18N2O2S. The van der Waals surface area contributed by atoms with Crippen LogP contribution in [0.5, 0.6) is 0 Å². The van der Waals surface area contributed by atoms with Gasteiger partial charge < -0.3 is 4.74 Å². The van der Waals surface area contributed by atoms with Crippen LogP contribution in [0.4, 0.5) is 5.13 Å². The van der Waals surface area contributed by atoms with E-state index < -0.39 is 0 Å². The quantitative estimate of drug-likeness (QED) is 0.898. The first-order valence-corrected chi connectivity index (χ1v) is 6.91. The predicted octanol–water partition coefficient (Wildman–Crippen LogP) is 2.60. The molecule has 2 atom stereocenters. The average molecular weight is 254 g/mol. The van der Waals surface area contributed by atoms with Gasteiger partial charge in [-0.25, -0.2) is 4.98 Å². The second-order valence-electron chi connectivity index (χ2n) is 4.38. The summed E-state index contributed by atoms with van der Waals surface area (Å²) in [5.41, 5.74) is 0. The van der Waals surface area contributed by atoms with Gasteiger partial charge in [-0.05, 0) is 26.2 Å². The molecule has 1 aromatic heterocycles. The SMILES string of the molecule is CCCc1cnc(NC(=O)[C@H]2CC[C@H](C)O2)s1. The number of nitrogens with zero attached hydrogens (tertiary/aromatic N) is 1. The fourth-order valence-electron chi connectivity index (χ4n) is 1.91. The van der Waals surface area contributed by atoms with Crippen LogP contribution in [0.2, 0.25) is 0 Å². The molecule has 1 aliphatic rings. The third-order valence-corrected chi connectivity index (χ3v) is 3.78. The van der Waals surface area contributed by atoms with E-state index >= 15 is 0 Å². The van der Waals surface area contributed by atoms with E-state index in [1.54, 1.807) is 11.3 Å². The number of hydrogen-bond donors (Lipinski definition) is 1. The molecule has 1 N–H and O–H groups in total. The summed E-state index contributed by atoms with van der Waals surface area (Å²) in [5, 5.41) is 3.51. The minimum absolute atomic E-state index is 0.0632. The van der Waals surface area contributed by atoms with E-state index in [-0.39, 0.29) is 18.1 Å². The number of carbonyl (C=O) groups excluding carboxylic acids is 1. The van der Waals surface area contributed by atoms with Gasteiger partial charge in [-0.3, -0.25) is 10.1 Å². The number of amides is 1. The Morgan fingerprint density at radius 1 is 1.65 bits per heavy atom. The first kappa shape index (κ1) is 12.5. The van der Waals surface area contributed by atoms with Crippen LogP contribution >= 0.6 is 11.3 Å². The summed E-state index contributed by atoms with van der Waals surface area (Å²) in [4.78, 5) is 17.3. The van der Waals surface area contributed by atoms with Crippen molar-refractivity contribution in [1.29, 1.82) is 0 Å². The van der Waals surface area contributed by atoms with Crippen molar-refractivity contribution < 1.29 is 9.53 Å². The van der Waals surface area contributed by atoms with Crippen molar-refractivity contribution in [3.05, 3.63) is 11.1 Å². The molecule has 17 heavy (non-hydrogen) atoms. The number of anilines is 1. The molecule has 5 heteroatoms. The van der Waals surface area contributed by atoms with E-state index in [2.05, 4.69) is 17.2 Å². The number of thiazole rings is 1. The Morgan fingerprint density at radius 3 is 3.12 bits per heavy atom. The molecule has 0 saturated carbocycles. The van der Waals surface area contributed by atoms with Crippen LogP contribution in [0.25, 0.3) is 0 Å². The van der Waals surface area contributed by atoms with Crippen LogP contribution < -0.4 is 5.32 Å². The van der Waals surface area contributed by atoms with Gasteiger partial charge in [0.05, 0.1) is 6.10 Å². The Labute approximate surface area is 105 Å². The van der Waals surface area contributed by atoms with Crippen molar-refractivity contribution >= 4 is 22.4 Å². The van der Waals surface area contributed by atoms with Crippen molar-refractivity contribution in [2.24, 2.45) is 0 Å². The van der Waals surface area contributed by atoms with Gasteiger partial charge in [0.1, 0.15) is 6.10 Å². The summed E-state index contributed by atoms with van der Waals surface area (Å²) in [6.45, 7) is 4.13. The lowest BCUT2D eigenvalue weighted by atomic mass is 10.2. The number of aromatic nitrogens is 1. The summed E-state index contributed by atoms with van der Waals surface area (Å²) < 4.78 is 5.51. The van der Waals surface area contributed by atoms with Gasteiger partial charge in [-0.2, -0.15) is 0 Å². The van der Waals surface area contributed by atoms with E-state index in [1.165, 1.54) is 4.88 Å². The smallest absolute Gasteiger partial charge is 0.255 e. The van der Waals surface area contributed by atoms with Crippen LogP contribution in [-0.2, 0) is 16.0 Å². The lowest BCUT2D eigenvalue weighted by Crippen LogP contribution is -2.27. The molecule has 0 bridgehead atoms. The Balaban J connectivity index is 1.89. The maximum absolute atomic E-state index is 11.9. The number of hydrogen-bond acceptors (Lipinski definition) is 4. The number of aryl methyl sites for hydroxylation is 1. The highest BCUT2D eigenvalue weighted by Gasteiger charge is 2.28. The first-order valence-electron chi connectivity index (χ1n) is 6.10. The topological polar surface area (TPSA) is 51.2 Å². The average Bonchev–Trinajstić information content (AvgIpc) is 2.88. The number of ether oxygens (including phenoxy) is 1. The van der Waals surface area contributed by atoms with Crippen LogP contribution in [0.1, 0.15) is 38.0 Å². The third kappa shape index (κ3) is 3.26. The van der Waals surface area contributed by atoms with Crippen molar-refractivity contribution in [1.82, 2.24) is 4.98 Å². The molecule has 2 rings (SSSR count). The maximum atomic E-state index is 11.9. The minimum atomic E-state index is -0.302. The molecule has 1 saturated heterocycles. The highest BCUT2D eigenvalue weighted by Crippen LogP contribution is 2.23. The lowest BCUT2D eigenvalue weighted by Gasteiger charge is -2.09. The standard InChI is InChI=1S/C12H18N2O2S/c1-3-4-9-7-13-12(17-9)14-11(15)10-6-5-8(2)16-10/h7-8,10H,3-6H2,1-2H3,(H,13,14,15)/t8-,10+/m0/s1.